The molecule has 0 saturated heterocycles. The van der Waals surface area contributed by atoms with Crippen molar-refractivity contribution in [3.63, 3.8) is 0 Å². The van der Waals surface area contributed by atoms with Crippen molar-refractivity contribution in [1.82, 2.24) is 10.7 Å². The lowest BCUT2D eigenvalue weighted by molar-refractivity contribution is -0.132. The smallest absolute Gasteiger partial charge is 0.262 e. The third-order valence-corrected chi connectivity index (χ3v) is 7.87. The molecule has 2 amide bonds. The Bertz CT molecular complexity index is 1670. The summed E-state index contributed by atoms with van der Waals surface area (Å²) >= 11 is 21.7. The molecule has 0 aromatic heterocycles. The van der Waals surface area contributed by atoms with E-state index in [0.29, 0.717) is 50.5 Å². The normalized spacial score (nSPS) is 12.3. The van der Waals surface area contributed by atoms with Gasteiger partial charge >= 0.3 is 0 Å². The summed E-state index contributed by atoms with van der Waals surface area (Å²) in [5.41, 5.74) is 4.97. The van der Waals surface area contributed by atoms with Gasteiger partial charge in [-0.25, -0.2) is 5.43 Å². The first-order chi connectivity index (χ1) is 22.1. The van der Waals surface area contributed by atoms with Crippen LogP contribution in [-0.4, -0.2) is 36.8 Å². The topological polar surface area (TPSA) is 98.2 Å². The minimum absolute atomic E-state index is 0.224. The minimum Gasteiger partial charge on any atom is -0.490 e. The van der Waals surface area contributed by atoms with E-state index in [1.807, 2.05) is 49.4 Å². The van der Waals surface area contributed by atoms with Crippen molar-refractivity contribution in [2.45, 2.75) is 39.0 Å². The second-order valence-electron chi connectivity index (χ2n) is 10.00. The fourth-order valence-corrected chi connectivity index (χ4v) is 5.37. The summed E-state index contributed by atoms with van der Waals surface area (Å²) in [7, 11) is 0. The molecule has 0 aliphatic rings. The molecule has 46 heavy (non-hydrogen) atoms. The molecule has 4 aromatic rings. The molecule has 0 saturated carbocycles. The van der Waals surface area contributed by atoms with Crippen molar-refractivity contribution >= 4 is 68.8 Å². The summed E-state index contributed by atoms with van der Waals surface area (Å²) in [6.07, 6.45) is 0.745. The number of halogens is 4. The van der Waals surface area contributed by atoms with E-state index in [0.717, 1.165) is 11.1 Å². The van der Waals surface area contributed by atoms with Gasteiger partial charge in [0, 0.05) is 16.5 Å². The second kappa shape index (κ2) is 17.2. The Labute approximate surface area is 291 Å². The maximum absolute atomic E-state index is 13.3. The van der Waals surface area contributed by atoms with Crippen molar-refractivity contribution < 1.29 is 23.8 Å². The van der Waals surface area contributed by atoms with Gasteiger partial charge in [0.25, 0.3) is 11.8 Å². The zero-order valence-electron chi connectivity index (χ0n) is 24.9. The Hall–Kier alpha value is -3.76. The summed E-state index contributed by atoms with van der Waals surface area (Å²) in [5.74, 6) is 0.298. The average molecular weight is 748 g/mol. The van der Waals surface area contributed by atoms with Gasteiger partial charge in [-0.05, 0) is 88.9 Å². The summed E-state index contributed by atoms with van der Waals surface area (Å²) in [6, 6.07) is 24.0. The monoisotopic (exact) mass is 745 g/mol. The number of carbonyl (C=O) groups is 2. The van der Waals surface area contributed by atoms with Gasteiger partial charge in [-0.3, -0.25) is 9.59 Å². The molecule has 0 spiro atoms. The summed E-state index contributed by atoms with van der Waals surface area (Å²) < 4.78 is 18.2. The molecule has 0 heterocycles. The minimum atomic E-state index is -0.956. The Morgan fingerprint density at radius 3 is 2.28 bits per heavy atom. The van der Waals surface area contributed by atoms with E-state index in [1.165, 1.54) is 12.3 Å². The third-order valence-electron chi connectivity index (χ3n) is 6.50. The molecule has 4 aromatic carbocycles. The molecule has 2 atom stereocenters. The van der Waals surface area contributed by atoms with Crippen LogP contribution in [0.2, 0.25) is 15.1 Å². The van der Waals surface area contributed by atoms with E-state index < -0.39 is 24.0 Å². The maximum atomic E-state index is 13.3. The predicted octanol–water partition coefficient (Wildman–Crippen LogP) is 8.03. The molecular formula is C34H31BrCl3N3O5. The number of amides is 2. The van der Waals surface area contributed by atoms with Crippen LogP contribution in [0.1, 0.15) is 30.5 Å². The van der Waals surface area contributed by atoms with Crippen LogP contribution in [-0.2, 0) is 22.6 Å². The van der Waals surface area contributed by atoms with Gasteiger partial charge in [-0.1, -0.05) is 77.3 Å². The van der Waals surface area contributed by atoms with Crippen LogP contribution in [0.25, 0.3) is 0 Å². The molecule has 0 unspecified atom stereocenters. The fourth-order valence-electron chi connectivity index (χ4n) is 4.21. The van der Waals surface area contributed by atoms with Crippen molar-refractivity contribution in [3.8, 4) is 17.2 Å². The van der Waals surface area contributed by atoms with Gasteiger partial charge in [-0.2, -0.15) is 5.10 Å². The Kier molecular flexibility index (Phi) is 13.2. The number of hydrazone groups is 1. The van der Waals surface area contributed by atoms with E-state index in [1.54, 1.807) is 43.3 Å². The first-order valence-corrected chi connectivity index (χ1v) is 16.2. The van der Waals surface area contributed by atoms with E-state index >= 15 is 0 Å². The van der Waals surface area contributed by atoms with Gasteiger partial charge in [-0.15, -0.1) is 0 Å². The zero-order valence-corrected chi connectivity index (χ0v) is 28.8. The molecule has 0 fully saturated rings. The second-order valence-corrected chi connectivity index (χ2v) is 12.1. The highest BCUT2D eigenvalue weighted by Crippen LogP contribution is 2.37. The van der Waals surface area contributed by atoms with E-state index in [-0.39, 0.29) is 11.4 Å². The van der Waals surface area contributed by atoms with Crippen molar-refractivity contribution in [1.29, 1.82) is 0 Å². The molecule has 0 aliphatic heterocycles. The standard InChI is InChI=1S/C34H31BrCl3N3O5/c1-3-44-31-17-24(15-27(35)32(31)45-20-23-9-11-25(36)12-10-23)19-39-41-34(43)29(16-22-7-5-4-6-8-22)40-33(42)21(2)46-30-14-13-26(37)18-28(30)38/h4-15,17-19,21,29H,3,16,20H2,1-2H3,(H,40,42)(H,41,43)/b39-19-/t21-,29-/m1/s1. The van der Waals surface area contributed by atoms with E-state index in [9.17, 15) is 9.59 Å². The summed E-state index contributed by atoms with van der Waals surface area (Å²) in [6.45, 7) is 4.15. The Morgan fingerprint density at radius 1 is 0.870 bits per heavy atom. The number of rotatable bonds is 14. The zero-order chi connectivity index (χ0) is 33.1. The van der Waals surface area contributed by atoms with Crippen LogP contribution in [0.4, 0.5) is 0 Å². The largest absolute Gasteiger partial charge is 0.490 e. The van der Waals surface area contributed by atoms with Crippen molar-refractivity contribution in [2.75, 3.05) is 6.61 Å². The number of ether oxygens (including phenoxy) is 3. The third kappa shape index (κ3) is 10.4. The van der Waals surface area contributed by atoms with Gasteiger partial charge < -0.3 is 19.5 Å². The molecule has 2 N–H and O–H groups in total. The lowest BCUT2D eigenvalue weighted by Crippen LogP contribution is -2.50. The SMILES string of the molecule is CCOc1cc(/C=N\NC(=O)[C@@H](Cc2ccccc2)NC(=O)[C@@H](C)Oc2ccc(Cl)cc2Cl)cc(Br)c1OCc1ccc(Cl)cc1. The van der Waals surface area contributed by atoms with Gasteiger partial charge in [0.15, 0.2) is 17.6 Å². The molecule has 0 bridgehead atoms. The maximum Gasteiger partial charge on any atom is 0.262 e. The highest BCUT2D eigenvalue weighted by Gasteiger charge is 2.25. The van der Waals surface area contributed by atoms with Crippen LogP contribution in [0.5, 0.6) is 17.2 Å². The van der Waals surface area contributed by atoms with Crippen LogP contribution in [0.3, 0.4) is 0 Å². The van der Waals surface area contributed by atoms with E-state index in [2.05, 4.69) is 31.8 Å². The molecule has 0 aliphatic carbocycles. The molecule has 240 valence electrons. The number of hydrogen-bond acceptors (Lipinski definition) is 6. The lowest BCUT2D eigenvalue weighted by atomic mass is 10.1. The first-order valence-electron chi connectivity index (χ1n) is 14.3. The van der Waals surface area contributed by atoms with Gasteiger partial charge in [0.2, 0.25) is 0 Å². The van der Waals surface area contributed by atoms with Crippen LogP contribution >= 0.6 is 50.7 Å². The first kappa shape index (κ1) is 35.1. The number of carbonyl (C=O) groups excluding carboxylic acids is 2. The number of nitrogens with one attached hydrogen (secondary N) is 2. The van der Waals surface area contributed by atoms with Crippen molar-refractivity contribution in [3.05, 3.63) is 121 Å². The highest BCUT2D eigenvalue weighted by molar-refractivity contribution is 9.10. The Morgan fingerprint density at radius 2 is 1.59 bits per heavy atom. The summed E-state index contributed by atoms with van der Waals surface area (Å²) in [5, 5.41) is 8.27. The quantitative estimate of drug-likeness (QED) is 0.101. The average Bonchev–Trinajstić information content (AvgIpc) is 3.03. The number of hydrogen-bond donors (Lipinski definition) is 2. The molecule has 4 rings (SSSR count). The van der Waals surface area contributed by atoms with Crippen LogP contribution < -0.4 is 25.0 Å². The van der Waals surface area contributed by atoms with E-state index in [4.69, 9.17) is 49.0 Å². The Balaban J connectivity index is 1.44. The highest BCUT2D eigenvalue weighted by atomic mass is 79.9. The predicted molar refractivity (Wildman–Crippen MR) is 185 cm³/mol. The number of benzene rings is 4. The summed E-state index contributed by atoms with van der Waals surface area (Å²) in [4.78, 5) is 26.4. The molecule has 8 nitrogen and oxygen atoms in total. The number of nitrogens with zero attached hydrogens (tertiary/aromatic N) is 1. The van der Waals surface area contributed by atoms with Crippen LogP contribution in [0, 0.1) is 0 Å². The van der Waals surface area contributed by atoms with Crippen LogP contribution in [0.15, 0.2) is 94.5 Å². The van der Waals surface area contributed by atoms with Gasteiger partial charge in [0.1, 0.15) is 18.4 Å². The fraction of sp³-hybridized carbons (Fsp3) is 0.206. The molecule has 0 radical (unpaired) electrons. The van der Waals surface area contributed by atoms with Crippen molar-refractivity contribution in [2.24, 2.45) is 5.10 Å². The lowest BCUT2D eigenvalue weighted by Gasteiger charge is -2.21. The molecular weight excluding hydrogens is 717 g/mol. The van der Waals surface area contributed by atoms with Gasteiger partial charge in [0.05, 0.1) is 22.3 Å². The molecule has 12 heteroatoms.